The molecule has 126 valence electrons. The molecular weight excluding hydrogens is 321 g/mol. The van der Waals surface area contributed by atoms with Crippen molar-refractivity contribution in [1.82, 2.24) is 14.5 Å². The molecule has 2 rings (SSSR count). The zero-order valence-corrected chi connectivity index (χ0v) is 14.4. The van der Waals surface area contributed by atoms with Crippen molar-refractivity contribution in [3.63, 3.8) is 0 Å². The standard InChI is InChI=1S/C15H20FN3O3S/c1-5-22-14-7-6-12(8-13(14)16)9-17-23(20,21)15-10(2)18-19(4)11(15)3/h6-8,17H,5,9H2,1-4H3. The Balaban J connectivity index is 2.18. The van der Waals surface area contributed by atoms with Crippen molar-refractivity contribution < 1.29 is 17.5 Å². The Morgan fingerprint density at radius 3 is 2.57 bits per heavy atom. The maximum atomic E-state index is 13.8. The lowest BCUT2D eigenvalue weighted by atomic mass is 10.2. The Morgan fingerprint density at radius 1 is 1.35 bits per heavy atom. The molecule has 0 atom stereocenters. The van der Waals surface area contributed by atoms with E-state index in [1.165, 1.54) is 16.8 Å². The van der Waals surface area contributed by atoms with Crippen LogP contribution < -0.4 is 9.46 Å². The summed E-state index contributed by atoms with van der Waals surface area (Å²) in [6.07, 6.45) is 0. The summed E-state index contributed by atoms with van der Waals surface area (Å²) in [4.78, 5) is 0.159. The number of ether oxygens (including phenoxy) is 1. The number of halogens is 1. The second-order valence-corrected chi connectivity index (χ2v) is 6.85. The summed E-state index contributed by atoms with van der Waals surface area (Å²) in [5.41, 5.74) is 1.48. The van der Waals surface area contributed by atoms with Crippen LogP contribution in [0.2, 0.25) is 0 Å². The predicted molar refractivity (Wildman–Crippen MR) is 84.3 cm³/mol. The van der Waals surface area contributed by atoms with Gasteiger partial charge in [-0.3, -0.25) is 4.68 Å². The van der Waals surface area contributed by atoms with E-state index in [9.17, 15) is 12.8 Å². The van der Waals surface area contributed by atoms with Gasteiger partial charge in [-0.05, 0) is 38.5 Å². The number of aromatic nitrogens is 2. The number of sulfonamides is 1. The second kappa shape index (κ2) is 6.67. The van der Waals surface area contributed by atoms with E-state index in [4.69, 9.17) is 4.74 Å². The minimum absolute atomic E-state index is 0.0145. The van der Waals surface area contributed by atoms with Crippen LogP contribution in [0.1, 0.15) is 23.9 Å². The normalized spacial score (nSPS) is 11.7. The van der Waals surface area contributed by atoms with E-state index in [2.05, 4.69) is 9.82 Å². The number of rotatable bonds is 6. The second-order valence-electron chi connectivity index (χ2n) is 5.15. The van der Waals surface area contributed by atoms with Gasteiger partial charge in [0.25, 0.3) is 0 Å². The number of nitrogens with zero attached hydrogens (tertiary/aromatic N) is 2. The zero-order chi connectivity index (χ0) is 17.2. The Hall–Kier alpha value is -1.93. The number of nitrogens with one attached hydrogen (secondary N) is 1. The van der Waals surface area contributed by atoms with E-state index in [0.29, 0.717) is 23.6 Å². The molecule has 1 N–H and O–H groups in total. The van der Waals surface area contributed by atoms with Gasteiger partial charge in [-0.25, -0.2) is 17.5 Å². The van der Waals surface area contributed by atoms with E-state index in [1.54, 1.807) is 33.9 Å². The summed E-state index contributed by atoms with van der Waals surface area (Å²) < 4.78 is 47.8. The largest absolute Gasteiger partial charge is 0.491 e. The van der Waals surface area contributed by atoms with Gasteiger partial charge in [0.2, 0.25) is 10.0 Å². The third-order valence-corrected chi connectivity index (χ3v) is 5.13. The van der Waals surface area contributed by atoms with Gasteiger partial charge in [0.05, 0.1) is 18.0 Å². The summed E-state index contributed by atoms with van der Waals surface area (Å²) in [6, 6.07) is 4.37. The molecule has 8 heteroatoms. The number of hydrogen-bond acceptors (Lipinski definition) is 4. The Labute approximate surface area is 135 Å². The van der Waals surface area contributed by atoms with Crippen molar-refractivity contribution in [3.8, 4) is 5.75 Å². The lowest BCUT2D eigenvalue weighted by Gasteiger charge is -2.09. The molecule has 0 unspecified atom stereocenters. The molecule has 0 radical (unpaired) electrons. The minimum Gasteiger partial charge on any atom is -0.491 e. The van der Waals surface area contributed by atoms with Crippen LogP contribution >= 0.6 is 0 Å². The van der Waals surface area contributed by atoms with E-state index in [-0.39, 0.29) is 17.2 Å². The van der Waals surface area contributed by atoms with Gasteiger partial charge in [0.1, 0.15) is 4.90 Å². The zero-order valence-electron chi connectivity index (χ0n) is 13.6. The topological polar surface area (TPSA) is 73.2 Å². The molecule has 0 amide bonds. The van der Waals surface area contributed by atoms with Crippen molar-refractivity contribution in [3.05, 3.63) is 41.0 Å². The van der Waals surface area contributed by atoms with Gasteiger partial charge in [0.15, 0.2) is 11.6 Å². The summed E-state index contributed by atoms with van der Waals surface area (Å²) in [5.74, 6) is -0.365. The van der Waals surface area contributed by atoms with Gasteiger partial charge in [-0.15, -0.1) is 0 Å². The van der Waals surface area contributed by atoms with Crippen molar-refractivity contribution in [2.75, 3.05) is 6.61 Å². The molecule has 23 heavy (non-hydrogen) atoms. The molecule has 1 aromatic carbocycles. The van der Waals surface area contributed by atoms with Gasteiger partial charge in [-0.1, -0.05) is 6.07 Å². The molecule has 1 aromatic heterocycles. The molecule has 0 aliphatic rings. The SMILES string of the molecule is CCOc1ccc(CNS(=O)(=O)c2c(C)nn(C)c2C)cc1F. The predicted octanol–water partition coefficient (Wildman–Crippen LogP) is 2.05. The molecule has 2 aromatic rings. The van der Waals surface area contributed by atoms with Crippen LogP contribution in [-0.2, 0) is 23.6 Å². The van der Waals surface area contributed by atoms with E-state index in [0.717, 1.165) is 0 Å². The first-order valence-electron chi connectivity index (χ1n) is 7.17. The van der Waals surface area contributed by atoms with Crippen LogP contribution in [0.25, 0.3) is 0 Å². The summed E-state index contributed by atoms with van der Waals surface area (Å²) in [5, 5.41) is 4.10. The Morgan fingerprint density at radius 2 is 2.04 bits per heavy atom. The highest BCUT2D eigenvalue weighted by Gasteiger charge is 2.23. The Bertz CT molecular complexity index is 816. The minimum atomic E-state index is -3.72. The first kappa shape index (κ1) is 17.4. The molecule has 6 nitrogen and oxygen atoms in total. The van der Waals surface area contributed by atoms with E-state index in [1.807, 2.05) is 0 Å². The Kier molecular flexibility index (Phi) is 5.06. The van der Waals surface area contributed by atoms with Gasteiger partial charge < -0.3 is 4.74 Å². The maximum Gasteiger partial charge on any atom is 0.244 e. The van der Waals surface area contributed by atoms with Crippen molar-refractivity contribution in [1.29, 1.82) is 0 Å². The van der Waals surface area contributed by atoms with Gasteiger partial charge >= 0.3 is 0 Å². The van der Waals surface area contributed by atoms with Crippen LogP contribution in [0.5, 0.6) is 5.75 Å². The number of benzene rings is 1. The molecule has 0 spiro atoms. The molecule has 0 saturated heterocycles. The first-order chi connectivity index (χ1) is 10.8. The van der Waals surface area contributed by atoms with E-state index < -0.39 is 15.8 Å². The van der Waals surface area contributed by atoms with Crippen molar-refractivity contribution >= 4 is 10.0 Å². The molecule has 1 heterocycles. The average molecular weight is 341 g/mol. The molecule has 0 aliphatic heterocycles. The van der Waals surface area contributed by atoms with Crippen LogP contribution in [0.4, 0.5) is 4.39 Å². The smallest absolute Gasteiger partial charge is 0.244 e. The lowest BCUT2D eigenvalue weighted by Crippen LogP contribution is -2.24. The third kappa shape index (κ3) is 3.70. The number of hydrogen-bond donors (Lipinski definition) is 1. The third-order valence-electron chi connectivity index (χ3n) is 3.47. The highest BCUT2D eigenvalue weighted by atomic mass is 32.2. The molecule has 0 bridgehead atoms. The summed E-state index contributed by atoms with van der Waals surface area (Å²) in [6.45, 7) is 5.44. The van der Waals surface area contributed by atoms with Crippen LogP contribution in [0, 0.1) is 19.7 Å². The van der Waals surface area contributed by atoms with Gasteiger partial charge in [-0.2, -0.15) is 5.10 Å². The fraction of sp³-hybridized carbons (Fsp3) is 0.400. The monoisotopic (exact) mass is 341 g/mol. The van der Waals surface area contributed by atoms with Crippen molar-refractivity contribution in [2.24, 2.45) is 7.05 Å². The average Bonchev–Trinajstić information content (AvgIpc) is 2.73. The molecular formula is C15H20FN3O3S. The maximum absolute atomic E-state index is 13.8. The quantitative estimate of drug-likeness (QED) is 0.873. The lowest BCUT2D eigenvalue weighted by molar-refractivity contribution is 0.321. The highest BCUT2D eigenvalue weighted by Crippen LogP contribution is 2.20. The highest BCUT2D eigenvalue weighted by molar-refractivity contribution is 7.89. The van der Waals surface area contributed by atoms with Crippen LogP contribution in [0.15, 0.2) is 23.1 Å². The fourth-order valence-corrected chi connectivity index (χ4v) is 3.77. The first-order valence-corrected chi connectivity index (χ1v) is 8.65. The molecule has 0 saturated carbocycles. The van der Waals surface area contributed by atoms with Crippen LogP contribution in [0.3, 0.4) is 0 Å². The summed E-state index contributed by atoms with van der Waals surface area (Å²) in [7, 11) is -2.04. The molecule has 0 aliphatic carbocycles. The molecule has 0 fully saturated rings. The number of aryl methyl sites for hydroxylation is 2. The van der Waals surface area contributed by atoms with Crippen LogP contribution in [-0.4, -0.2) is 24.8 Å². The fourth-order valence-electron chi connectivity index (χ4n) is 2.32. The summed E-state index contributed by atoms with van der Waals surface area (Å²) >= 11 is 0. The van der Waals surface area contributed by atoms with Gasteiger partial charge in [0, 0.05) is 13.6 Å². The van der Waals surface area contributed by atoms with Crippen molar-refractivity contribution in [2.45, 2.75) is 32.2 Å². The van der Waals surface area contributed by atoms with E-state index >= 15 is 0 Å².